The van der Waals surface area contributed by atoms with Crippen molar-refractivity contribution in [2.24, 2.45) is 28.3 Å². The molecule has 9 heteroatoms. The molecule has 2 aromatic rings. The molecule has 8 nitrogen and oxygen atoms in total. The van der Waals surface area contributed by atoms with Crippen LogP contribution in [0.15, 0.2) is 29.6 Å². The number of carbonyl (C=O) groups is 2. The van der Waals surface area contributed by atoms with Crippen molar-refractivity contribution < 1.29 is 19.5 Å². The zero-order valence-corrected chi connectivity index (χ0v) is 24.5. The average Bonchev–Trinajstić information content (AvgIpc) is 3.65. The molecule has 3 aliphatic carbocycles. The summed E-state index contributed by atoms with van der Waals surface area (Å²) in [6.45, 7) is 5.18. The highest BCUT2D eigenvalue weighted by molar-refractivity contribution is 7.15. The molecular formula is C31H40N4O4S. The minimum Gasteiger partial charge on any atom is -0.480 e. The number of nitrogens with zero attached hydrogens (tertiary/aromatic N) is 3. The number of carboxylic acid groups (broad SMARTS) is 1. The Bertz CT molecular complexity index is 1320. The first-order chi connectivity index (χ1) is 19.3. The van der Waals surface area contributed by atoms with Crippen LogP contribution in [0.3, 0.4) is 0 Å². The van der Waals surface area contributed by atoms with Crippen LogP contribution in [0.5, 0.6) is 0 Å². The highest BCUT2D eigenvalue weighted by atomic mass is 32.1. The van der Waals surface area contributed by atoms with Crippen molar-refractivity contribution in [3.05, 3.63) is 40.4 Å². The fourth-order valence-electron chi connectivity index (χ4n) is 8.59. The van der Waals surface area contributed by atoms with Gasteiger partial charge in [-0.2, -0.15) is 0 Å². The maximum Gasteiger partial charge on any atom is 0.326 e. The number of oxime groups is 1. The topological polar surface area (TPSA) is 104 Å². The molecule has 0 spiro atoms. The van der Waals surface area contributed by atoms with Gasteiger partial charge < -0.3 is 20.2 Å². The van der Waals surface area contributed by atoms with E-state index in [2.05, 4.69) is 45.5 Å². The fourth-order valence-corrected chi connectivity index (χ4v) is 9.27. The van der Waals surface area contributed by atoms with Crippen LogP contribution in [0.25, 0.3) is 0 Å². The third kappa shape index (κ3) is 4.80. The summed E-state index contributed by atoms with van der Waals surface area (Å²) >= 11 is 1.51. The summed E-state index contributed by atoms with van der Waals surface area (Å²) in [4.78, 5) is 37.4. The van der Waals surface area contributed by atoms with Crippen LogP contribution in [0.2, 0.25) is 0 Å². The minimum atomic E-state index is -0.724. The summed E-state index contributed by atoms with van der Waals surface area (Å²) in [5, 5.41) is 17.9. The number of fused-ring (bicyclic) bond motifs is 5. The summed E-state index contributed by atoms with van der Waals surface area (Å²) in [6.07, 6.45) is 9.94. The lowest BCUT2D eigenvalue weighted by atomic mass is 9.54. The molecule has 0 radical (unpaired) electrons. The van der Waals surface area contributed by atoms with Gasteiger partial charge in [-0.05, 0) is 105 Å². The maximum absolute atomic E-state index is 12.8. The van der Waals surface area contributed by atoms with E-state index in [1.54, 1.807) is 13.3 Å². The van der Waals surface area contributed by atoms with Gasteiger partial charge >= 0.3 is 5.97 Å². The standard InChI is InChI=1S/C31H40N4O4S/c1-18-17-32-30(40-18)33-27(36)11-7-20-16-26(34-39-3)31(2)13-12-23-22-10-8-21(35-14-4-5-25(35)29(37)38)15-19(22)6-9-24(23)28(20)31/h8,10,15,17,20,23-25,28H,4-7,9,11-14,16H2,1-3H3,(H,37,38)(H,32,33,36)/b34-26+/t20?,23?,24?,25?,28?,31-/m1/s1. The number of hydrogen-bond donors (Lipinski definition) is 2. The highest BCUT2D eigenvalue weighted by Crippen LogP contribution is 2.62. The molecule has 2 saturated carbocycles. The summed E-state index contributed by atoms with van der Waals surface area (Å²) < 4.78 is 0. The van der Waals surface area contributed by atoms with Gasteiger partial charge in [0.05, 0.1) is 5.71 Å². The zero-order valence-electron chi connectivity index (χ0n) is 23.7. The van der Waals surface area contributed by atoms with E-state index >= 15 is 0 Å². The number of hydrogen-bond acceptors (Lipinski definition) is 7. The van der Waals surface area contributed by atoms with Gasteiger partial charge in [-0.25, -0.2) is 9.78 Å². The summed E-state index contributed by atoms with van der Waals surface area (Å²) in [7, 11) is 1.64. The minimum absolute atomic E-state index is 0.00750. The largest absolute Gasteiger partial charge is 0.480 e. The van der Waals surface area contributed by atoms with Crippen LogP contribution >= 0.6 is 11.3 Å². The molecule has 1 aromatic heterocycles. The number of aromatic nitrogens is 1. The number of nitrogens with one attached hydrogen (secondary N) is 1. The van der Waals surface area contributed by atoms with Gasteiger partial charge in [-0.1, -0.05) is 18.1 Å². The molecule has 1 aromatic carbocycles. The lowest BCUT2D eigenvalue weighted by Crippen LogP contribution is -2.44. The van der Waals surface area contributed by atoms with Crippen molar-refractivity contribution in [1.29, 1.82) is 0 Å². The predicted molar refractivity (Wildman–Crippen MR) is 157 cm³/mol. The van der Waals surface area contributed by atoms with Crippen molar-refractivity contribution in [1.82, 2.24) is 4.98 Å². The third-order valence-electron chi connectivity index (χ3n) is 10.3. The molecule has 6 atom stereocenters. The normalized spacial score (nSPS) is 31.9. The first-order valence-corrected chi connectivity index (χ1v) is 15.5. The van der Waals surface area contributed by atoms with Crippen LogP contribution in [0.4, 0.5) is 10.8 Å². The van der Waals surface area contributed by atoms with Crippen molar-refractivity contribution in [3.8, 4) is 0 Å². The molecule has 1 amide bonds. The molecule has 40 heavy (non-hydrogen) atoms. The van der Waals surface area contributed by atoms with Crippen LogP contribution in [0.1, 0.15) is 80.2 Å². The second-order valence-electron chi connectivity index (χ2n) is 12.4. The molecule has 2 N–H and O–H groups in total. The predicted octanol–water partition coefficient (Wildman–Crippen LogP) is 6.01. The Balaban J connectivity index is 1.22. The van der Waals surface area contributed by atoms with Gasteiger partial charge in [-0.15, -0.1) is 11.3 Å². The molecule has 3 fully saturated rings. The number of rotatable bonds is 7. The van der Waals surface area contributed by atoms with Gasteiger partial charge in [0.1, 0.15) is 13.2 Å². The molecule has 5 unspecified atom stereocenters. The van der Waals surface area contributed by atoms with Crippen molar-refractivity contribution in [2.45, 2.75) is 83.6 Å². The zero-order chi connectivity index (χ0) is 28.0. The Labute approximate surface area is 240 Å². The maximum atomic E-state index is 12.8. The number of aryl methyl sites for hydroxylation is 2. The lowest BCUT2D eigenvalue weighted by molar-refractivity contribution is -0.138. The quantitative estimate of drug-likeness (QED) is 0.399. The number of thiazole rings is 1. The van der Waals surface area contributed by atoms with Crippen LogP contribution in [-0.4, -0.2) is 47.4 Å². The molecule has 1 aliphatic heterocycles. The SMILES string of the molecule is CO/N=C1\CC(CCC(=O)Nc2ncc(C)s2)C2C3CCc4cc(N5CCCC5C(=O)O)ccc4C3CC[C@]12C. The Morgan fingerprint density at radius 1 is 1.30 bits per heavy atom. The fraction of sp³-hybridized carbons (Fsp3) is 0.613. The Hall–Kier alpha value is -2.94. The average molecular weight is 565 g/mol. The molecule has 6 rings (SSSR count). The van der Waals surface area contributed by atoms with Crippen molar-refractivity contribution in [2.75, 3.05) is 23.9 Å². The van der Waals surface area contributed by atoms with Gasteiger partial charge in [0.15, 0.2) is 5.13 Å². The second-order valence-corrected chi connectivity index (χ2v) is 13.6. The van der Waals surface area contributed by atoms with E-state index < -0.39 is 12.0 Å². The molecule has 1 saturated heterocycles. The number of aliphatic carboxylic acids is 1. The van der Waals surface area contributed by atoms with Crippen LogP contribution in [-0.2, 0) is 20.8 Å². The van der Waals surface area contributed by atoms with E-state index in [9.17, 15) is 14.7 Å². The number of benzene rings is 1. The third-order valence-corrected chi connectivity index (χ3v) is 11.1. The van der Waals surface area contributed by atoms with Crippen LogP contribution < -0.4 is 10.2 Å². The van der Waals surface area contributed by atoms with Gasteiger partial charge in [-0.3, -0.25) is 4.79 Å². The Morgan fingerprint density at radius 3 is 2.90 bits per heavy atom. The van der Waals surface area contributed by atoms with Crippen molar-refractivity contribution >= 4 is 39.7 Å². The summed E-state index contributed by atoms with van der Waals surface area (Å²) in [5.74, 6) is 1.17. The van der Waals surface area contributed by atoms with Crippen molar-refractivity contribution in [3.63, 3.8) is 0 Å². The summed E-state index contributed by atoms with van der Waals surface area (Å²) in [5.41, 5.74) is 5.04. The molecule has 2 heterocycles. The van der Waals surface area contributed by atoms with Gasteiger partial charge in [0, 0.05) is 35.1 Å². The number of carboxylic acids is 1. The van der Waals surface area contributed by atoms with E-state index in [0.29, 0.717) is 41.6 Å². The van der Waals surface area contributed by atoms with Gasteiger partial charge in [0.2, 0.25) is 5.91 Å². The molecule has 214 valence electrons. The first kappa shape index (κ1) is 27.2. The smallest absolute Gasteiger partial charge is 0.326 e. The Morgan fingerprint density at radius 2 is 2.15 bits per heavy atom. The van der Waals surface area contributed by atoms with E-state index in [4.69, 9.17) is 4.84 Å². The van der Waals surface area contributed by atoms with E-state index in [1.165, 1.54) is 22.5 Å². The van der Waals surface area contributed by atoms with Crippen LogP contribution in [0, 0.1) is 30.1 Å². The van der Waals surface area contributed by atoms with Gasteiger partial charge in [0.25, 0.3) is 0 Å². The Kier molecular flexibility index (Phi) is 7.36. The highest BCUT2D eigenvalue weighted by Gasteiger charge is 2.57. The number of carbonyl (C=O) groups excluding carboxylic acids is 1. The van der Waals surface area contributed by atoms with E-state index in [0.717, 1.165) is 67.8 Å². The molecular weight excluding hydrogens is 524 g/mol. The molecule has 4 aliphatic rings. The number of anilines is 2. The lowest BCUT2D eigenvalue weighted by Gasteiger charge is -2.50. The first-order valence-electron chi connectivity index (χ1n) is 14.7. The van der Waals surface area contributed by atoms with E-state index in [1.807, 2.05) is 6.92 Å². The monoisotopic (exact) mass is 564 g/mol. The second kappa shape index (κ2) is 10.8. The van der Waals surface area contributed by atoms with E-state index in [-0.39, 0.29) is 11.3 Å². The summed E-state index contributed by atoms with van der Waals surface area (Å²) in [6, 6.07) is 6.30. The molecule has 0 bridgehead atoms. The number of amides is 1.